The van der Waals surface area contributed by atoms with Crippen LogP contribution in [0.1, 0.15) is 62.0 Å². The number of carbonyl (C=O) groups is 1. The van der Waals surface area contributed by atoms with Crippen LogP contribution in [0.2, 0.25) is 0 Å². The van der Waals surface area contributed by atoms with Gasteiger partial charge in [0.15, 0.2) is 0 Å². The van der Waals surface area contributed by atoms with Crippen molar-refractivity contribution in [1.82, 2.24) is 25.3 Å². The molecule has 1 saturated carbocycles. The molecule has 0 radical (unpaired) electrons. The van der Waals surface area contributed by atoms with E-state index < -0.39 is 0 Å². The smallest absolute Gasteiger partial charge is 0.261 e. The molecule has 2 aliphatic rings. The Balaban J connectivity index is 1.12. The van der Waals surface area contributed by atoms with Gasteiger partial charge in [0.05, 0.1) is 10.9 Å². The zero-order chi connectivity index (χ0) is 23.5. The molecule has 34 heavy (non-hydrogen) atoms. The normalized spacial score (nSPS) is 20.0. The Morgan fingerprint density at radius 3 is 2.65 bits per heavy atom. The second-order valence-corrected chi connectivity index (χ2v) is 9.59. The molecule has 1 aliphatic carbocycles. The highest BCUT2D eigenvalue weighted by Gasteiger charge is 2.28. The monoisotopic (exact) mass is 459 g/mol. The lowest BCUT2D eigenvalue weighted by atomic mass is 10.00. The summed E-state index contributed by atoms with van der Waals surface area (Å²) in [6.45, 7) is 0.730. The van der Waals surface area contributed by atoms with Gasteiger partial charge in [-0.25, -0.2) is 4.98 Å². The predicted octanol–water partition coefficient (Wildman–Crippen LogP) is 3.51. The number of hydrogen-bond donors (Lipinski definition) is 2. The standard InChI is InChI=1S/C27H33N5O2/c1-31(17-7-10-20-18-24(30-29-20)19-8-3-2-4-9-19)26(33)16-15-25-28-23-12-6-5-11-22(23)27(34)32(25)21-13-14-21/h2-6,8-9,11-12,20-21,24,29-30H,7,10,13-18H2,1H3. The van der Waals surface area contributed by atoms with Crippen LogP contribution in [0.3, 0.4) is 0 Å². The Hall–Kier alpha value is -3.03. The minimum absolute atomic E-state index is 0.0235. The number of hydrogen-bond acceptors (Lipinski definition) is 5. The van der Waals surface area contributed by atoms with Crippen molar-refractivity contribution in [2.24, 2.45) is 0 Å². The number of fused-ring (bicyclic) bond motifs is 1. The highest BCUT2D eigenvalue weighted by molar-refractivity contribution is 5.78. The number of amides is 1. The maximum absolute atomic E-state index is 13.0. The van der Waals surface area contributed by atoms with Gasteiger partial charge < -0.3 is 4.90 Å². The largest absolute Gasteiger partial charge is 0.346 e. The first-order valence-electron chi connectivity index (χ1n) is 12.4. The number of hydrazine groups is 1. The van der Waals surface area contributed by atoms with E-state index >= 15 is 0 Å². The molecule has 2 fully saturated rings. The van der Waals surface area contributed by atoms with Crippen LogP contribution < -0.4 is 16.4 Å². The summed E-state index contributed by atoms with van der Waals surface area (Å²) in [5.41, 5.74) is 8.84. The first-order chi connectivity index (χ1) is 16.6. The number of nitrogens with zero attached hydrogens (tertiary/aromatic N) is 3. The van der Waals surface area contributed by atoms with E-state index in [-0.39, 0.29) is 17.5 Å². The lowest BCUT2D eigenvalue weighted by Gasteiger charge is -2.19. The molecule has 0 spiro atoms. The van der Waals surface area contributed by atoms with E-state index in [0.29, 0.717) is 35.8 Å². The van der Waals surface area contributed by atoms with Crippen LogP contribution in [0.4, 0.5) is 0 Å². The van der Waals surface area contributed by atoms with Crippen LogP contribution in [-0.2, 0) is 11.2 Å². The van der Waals surface area contributed by atoms with Crippen LogP contribution in [0, 0.1) is 0 Å². The second kappa shape index (κ2) is 10.1. The summed E-state index contributed by atoms with van der Waals surface area (Å²) in [7, 11) is 1.87. The molecule has 1 aliphatic heterocycles. The van der Waals surface area contributed by atoms with Crippen molar-refractivity contribution in [3.05, 3.63) is 76.3 Å². The second-order valence-electron chi connectivity index (χ2n) is 9.59. The van der Waals surface area contributed by atoms with E-state index in [1.165, 1.54) is 5.56 Å². The van der Waals surface area contributed by atoms with Crippen molar-refractivity contribution in [2.75, 3.05) is 13.6 Å². The van der Waals surface area contributed by atoms with E-state index in [1.54, 1.807) is 0 Å². The number of nitrogens with one attached hydrogen (secondary N) is 2. The van der Waals surface area contributed by atoms with Gasteiger partial charge >= 0.3 is 0 Å². The SMILES string of the molecule is CN(CCCC1CC(c2ccccc2)NN1)C(=O)CCc1nc2ccccc2c(=O)n1C1CC1. The van der Waals surface area contributed by atoms with Gasteiger partial charge in [0.25, 0.3) is 5.56 Å². The average molecular weight is 460 g/mol. The zero-order valence-electron chi connectivity index (χ0n) is 19.7. The van der Waals surface area contributed by atoms with Crippen LogP contribution >= 0.6 is 0 Å². The first-order valence-corrected chi connectivity index (χ1v) is 12.4. The summed E-state index contributed by atoms with van der Waals surface area (Å²) < 4.78 is 1.83. The van der Waals surface area contributed by atoms with Gasteiger partial charge in [-0.1, -0.05) is 42.5 Å². The fourth-order valence-corrected chi connectivity index (χ4v) is 4.90. The van der Waals surface area contributed by atoms with Gasteiger partial charge in [-0.15, -0.1) is 0 Å². The molecular weight excluding hydrogens is 426 g/mol. The summed E-state index contributed by atoms with van der Waals surface area (Å²) in [6.07, 6.45) is 5.89. The van der Waals surface area contributed by atoms with E-state index in [1.807, 2.05) is 46.8 Å². The maximum Gasteiger partial charge on any atom is 0.261 e. The Labute approximate surface area is 200 Å². The molecule has 3 aromatic rings. The van der Waals surface area contributed by atoms with E-state index in [9.17, 15) is 9.59 Å². The molecule has 2 N–H and O–H groups in total. The molecule has 1 aromatic heterocycles. The highest BCUT2D eigenvalue weighted by Crippen LogP contribution is 2.35. The van der Waals surface area contributed by atoms with Crippen molar-refractivity contribution in [1.29, 1.82) is 0 Å². The molecule has 1 amide bonds. The van der Waals surface area contributed by atoms with Gasteiger partial charge in [-0.05, 0) is 49.8 Å². The fourth-order valence-electron chi connectivity index (χ4n) is 4.90. The number of aromatic nitrogens is 2. The summed E-state index contributed by atoms with van der Waals surface area (Å²) in [4.78, 5) is 32.4. The van der Waals surface area contributed by atoms with Crippen LogP contribution in [0.25, 0.3) is 10.9 Å². The van der Waals surface area contributed by atoms with Gasteiger partial charge in [-0.3, -0.25) is 25.0 Å². The minimum Gasteiger partial charge on any atom is -0.346 e. The molecule has 2 unspecified atom stereocenters. The summed E-state index contributed by atoms with van der Waals surface area (Å²) >= 11 is 0. The number of para-hydroxylation sites is 1. The average Bonchev–Trinajstić information content (AvgIpc) is 3.59. The molecular formula is C27H33N5O2. The van der Waals surface area contributed by atoms with Crippen molar-refractivity contribution in [3.63, 3.8) is 0 Å². The number of rotatable bonds is 9. The van der Waals surface area contributed by atoms with Gasteiger partial charge in [-0.2, -0.15) is 0 Å². The highest BCUT2D eigenvalue weighted by atomic mass is 16.2. The lowest BCUT2D eigenvalue weighted by molar-refractivity contribution is -0.130. The van der Waals surface area contributed by atoms with E-state index in [2.05, 4.69) is 35.1 Å². The van der Waals surface area contributed by atoms with Crippen LogP contribution in [0.5, 0.6) is 0 Å². The molecule has 2 heterocycles. The topological polar surface area (TPSA) is 79.3 Å². The predicted molar refractivity (Wildman–Crippen MR) is 133 cm³/mol. The number of carbonyl (C=O) groups excluding carboxylic acids is 1. The Morgan fingerprint density at radius 2 is 1.85 bits per heavy atom. The van der Waals surface area contributed by atoms with Gasteiger partial charge in [0, 0.05) is 44.6 Å². The third-order valence-electron chi connectivity index (χ3n) is 7.01. The van der Waals surface area contributed by atoms with E-state index in [4.69, 9.17) is 4.98 Å². The molecule has 2 aromatic carbocycles. The Bertz CT molecular complexity index is 1200. The molecule has 1 saturated heterocycles. The molecule has 0 bridgehead atoms. The molecule has 5 rings (SSSR count). The molecule has 7 heteroatoms. The minimum atomic E-state index is 0.0235. The van der Waals surface area contributed by atoms with Crippen LogP contribution in [-0.4, -0.2) is 40.0 Å². The van der Waals surface area contributed by atoms with Gasteiger partial charge in [0.2, 0.25) is 5.91 Å². The van der Waals surface area contributed by atoms with Crippen molar-refractivity contribution < 1.29 is 4.79 Å². The lowest BCUT2D eigenvalue weighted by Crippen LogP contribution is -2.33. The van der Waals surface area contributed by atoms with Gasteiger partial charge in [0.1, 0.15) is 5.82 Å². The first kappa shape index (κ1) is 22.7. The number of aryl methyl sites for hydroxylation is 1. The molecule has 7 nitrogen and oxygen atoms in total. The molecule has 178 valence electrons. The van der Waals surface area contributed by atoms with Crippen molar-refractivity contribution >= 4 is 16.8 Å². The van der Waals surface area contributed by atoms with Crippen molar-refractivity contribution in [3.8, 4) is 0 Å². The summed E-state index contributed by atoms with van der Waals surface area (Å²) in [6, 6.07) is 19.0. The summed E-state index contributed by atoms with van der Waals surface area (Å²) in [5.74, 6) is 0.838. The Kier molecular flexibility index (Phi) is 6.74. The number of benzene rings is 2. The zero-order valence-corrected chi connectivity index (χ0v) is 19.7. The summed E-state index contributed by atoms with van der Waals surface area (Å²) in [5, 5.41) is 0.658. The third kappa shape index (κ3) is 5.05. The van der Waals surface area contributed by atoms with Crippen molar-refractivity contribution in [2.45, 2.75) is 63.1 Å². The maximum atomic E-state index is 13.0. The quantitative estimate of drug-likeness (QED) is 0.512. The fraction of sp³-hybridized carbons (Fsp3) is 0.444. The molecule has 2 atom stereocenters. The Morgan fingerprint density at radius 1 is 1.09 bits per heavy atom. The third-order valence-corrected chi connectivity index (χ3v) is 7.01. The van der Waals surface area contributed by atoms with Crippen LogP contribution in [0.15, 0.2) is 59.4 Å². The van der Waals surface area contributed by atoms with E-state index in [0.717, 1.165) is 44.5 Å².